The van der Waals surface area contributed by atoms with Crippen LogP contribution in [0.25, 0.3) is 11.2 Å². The van der Waals surface area contributed by atoms with Crippen molar-refractivity contribution in [2.24, 2.45) is 7.05 Å². The third-order valence-electron chi connectivity index (χ3n) is 4.57. The zero-order valence-electron chi connectivity index (χ0n) is 15.5. The van der Waals surface area contributed by atoms with Crippen molar-refractivity contribution in [3.8, 4) is 0 Å². The van der Waals surface area contributed by atoms with Crippen LogP contribution in [0.15, 0.2) is 23.1 Å². The summed E-state index contributed by atoms with van der Waals surface area (Å²) in [7, 11) is 2.94. The lowest BCUT2D eigenvalue weighted by Crippen LogP contribution is -2.55. The molecule has 1 aliphatic heterocycles. The van der Waals surface area contributed by atoms with Crippen LogP contribution in [0.5, 0.6) is 0 Å². The molecule has 1 N–H and O–H groups in total. The third kappa shape index (κ3) is 3.69. The molecule has 2 amide bonds. The zero-order chi connectivity index (χ0) is 19.6. The number of rotatable bonds is 3. The summed E-state index contributed by atoms with van der Waals surface area (Å²) < 4.78 is 6.08. The van der Waals surface area contributed by atoms with Crippen molar-refractivity contribution in [2.45, 2.75) is 13.0 Å². The molecule has 1 saturated heterocycles. The Bertz CT molecular complexity index is 919. The Hall–Kier alpha value is -3.17. The number of nitrogens with one attached hydrogen (secondary N) is 1. The summed E-state index contributed by atoms with van der Waals surface area (Å²) in [6, 6.07) is 2.52. The molecule has 0 radical (unpaired) electrons. The Labute approximate surface area is 155 Å². The number of pyridine rings is 1. The van der Waals surface area contributed by atoms with Crippen molar-refractivity contribution >= 4 is 29.0 Å². The fraction of sp³-hybridized carbons (Fsp3) is 0.471. The standard InChI is InChI=1S/C17H22N6O4/c1-11(16(25)27-3)19-17(26)23-9-7-22(8-10-23)14-15(24)21(2)13-12(20-14)5-4-6-18-13/h4-6,11H,7-10H2,1-3H3,(H,19,26)/t11-/m0/s1. The second kappa shape index (κ2) is 7.60. The summed E-state index contributed by atoms with van der Waals surface area (Å²) in [6.07, 6.45) is 1.62. The molecule has 0 unspecified atom stereocenters. The monoisotopic (exact) mass is 374 g/mol. The predicted octanol–water partition coefficient (Wildman–Crippen LogP) is -0.278. The molecular weight excluding hydrogens is 352 g/mol. The topological polar surface area (TPSA) is 110 Å². The summed E-state index contributed by atoms with van der Waals surface area (Å²) in [6.45, 7) is 3.32. The molecule has 27 heavy (non-hydrogen) atoms. The SMILES string of the molecule is COC(=O)[C@H](C)NC(=O)N1CCN(c2nc3cccnc3n(C)c2=O)CC1. The molecule has 0 bridgehead atoms. The maximum absolute atomic E-state index is 12.6. The van der Waals surface area contributed by atoms with E-state index in [-0.39, 0.29) is 11.6 Å². The van der Waals surface area contributed by atoms with Crippen molar-refractivity contribution in [1.82, 2.24) is 24.8 Å². The van der Waals surface area contributed by atoms with Gasteiger partial charge in [-0.05, 0) is 19.1 Å². The highest BCUT2D eigenvalue weighted by molar-refractivity contribution is 5.83. The maximum atomic E-state index is 12.6. The lowest BCUT2D eigenvalue weighted by atomic mass is 10.3. The molecule has 3 rings (SSSR count). The number of amides is 2. The van der Waals surface area contributed by atoms with Gasteiger partial charge in [-0.2, -0.15) is 0 Å². The van der Waals surface area contributed by atoms with Crippen LogP contribution in [0.3, 0.4) is 0 Å². The van der Waals surface area contributed by atoms with Crippen molar-refractivity contribution in [3.05, 3.63) is 28.7 Å². The Morgan fingerprint density at radius 2 is 1.96 bits per heavy atom. The highest BCUT2D eigenvalue weighted by atomic mass is 16.5. The van der Waals surface area contributed by atoms with E-state index in [9.17, 15) is 14.4 Å². The Kier molecular flexibility index (Phi) is 5.24. The van der Waals surface area contributed by atoms with Gasteiger partial charge in [-0.3, -0.25) is 9.36 Å². The summed E-state index contributed by atoms with van der Waals surface area (Å²) >= 11 is 0. The van der Waals surface area contributed by atoms with Crippen LogP contribution in [-0.4, -0.2) is 70.8 Å². The first-order valence-electron chi connectivity index (χ1n) is 8.62. The van der Waals surface area contributed by atoms with Crippen molar-refractivity contribution < 1.29 is 14.3 Å². The minimum Gasteiger partial charge on any atom is -0.467 e. The van der Waals surface area contributed by atoms with E-state index in [1.165, 1.54) is 11.7 Å². The Balaban J connectivity index is 1.70. The van der Waals surface area contributed by atoms with Crippen molar-refractivity contribution in [3.63, 3.8) is 0 Å². The average Bonchev–Trinajstić information content (AvgIpc) is 2.70. The molecule has 0 aliphatic carbocycles. The fourth-order valence-electron chi connectivity index (χ4n) is 2.98. The maximum Gasteiger partial charge on any atom is 0.328 e. The second-order valence-electron chi connectivity index (χ2n) is 6.31. The van der Waals surface area contributed by atoms with E-state index in [0.29, 0.717) is 43.2 Å². The molecule has 0 spiro atoms. The minimum atomic E-state index is -0.720. The van der Waals surface area contributed by atoms with E-state index >= 15 is 0 Å². The number of methoxy groups -OCH3 is 1. The molecule has 1 aliphatic rings. The average molecular weight is 374 g/mol. The van der Waals surface area contributed by atoms with E-state index in [2.05, 4.69) is 20.0 Å². The van der Waals surface area contributed by atoms with E-state index in [0.717, 1.165) is 0 Å². The first-order chi connectivity index (χ1) is 12.9. The van der Waals surface area contributed by atoms with Gasteiger partial charge in [0.15, 0.2) is 11.5 Å². The summed E-state index contributed by atoms with van der Waals surface area (Å²) in [4.78, 5) is 48.4. The number of piperazine rings is 1. The number of nitrogens with zero attached hydrogens (tertiary/aromatic N) is 5. The molecule has 3 heterocycles. The number of anilines is 1. The summed E-state index contributed by atoms with van der Waals surface area (Å²) in [5, 5.41) is 2.60. The third-order valence-corrected chi connectivity index (χ3v) is 4.57. The first-order valence-corrected chi connectivity index (χ1v) is 8.62. The van der Waals surface area contributed by atoms with Crippen molar-refractivity contribution in [1.29, 1.82) is 0 Å². The molecule has 0 saturated carbocycles. The van der Waals surface area contributed by atoms with Gasteiger partial charge in [-0.1, -0.05) is 0 Å². The largest absolute Gasteiger partial charge is 0.467 e. The van der Waals surface area contributed by atoms with Crippen molar-refractivity contribution in [2.75, 3.05) is 38.2 Å². The highest BCUT2D eigenvalue weighted by Gasteiger charge is 2.26. The number of hydrogen-bond acceptors (Lipinski definition) is 7. The Morgan fingerprint density at radius 3 is 2.63 bits per heavy atom. The summed E-state index contributed by atoms with van der Waals surface area (Å²) in [5.41, 5.74) is 0.946. The van der Waals surface area contributed by atoms with Crippen LogP contribution in [-0.2, 0) is 16.6 Å². The molecule has 144 valence electrons. The number of ether oxygens (including phenoxy) is 1. The van der Waals surface area contributed by atoms with Gasteiger partial charge < -0.3 is 19.9 Å². The normalized spacial score (nSPS) is 15.5. The number of fused-ring (bicyclic) bond motifs is 1. The van der Waals surface area contributed by atoms with Crippen LogP contribution >= 0.6 is 0 Å². The lowest BCUT2D eigenvalue weighted by Gasteiger charge is -2.35. The van der Waals surface area contributed by atoms with E-state index < -0.39 is 12.0 Å². The van der Waals surface area contributed by atoms with Gasteiger partial charge in [0.1, 0.15) is 11.6 Å². The van der Waals surface area contributed by atoms with E-state index in [1.54, 1.807) is 31.1 Å². The van der Waals surface area contributed by atoms with Crippen LogP contribution in [0.1, 0.15) is 6.92 Å². The lowest BCUT2D eigenvalue weighted by molar-refractivity contribution is -0.142. The van der Waals surface area contributed by atoms with E-state index in [4.69, 9.17) is 0 Å². The van der Waals surface area contributed by atoms with Gasteiger partial charge in [0.05, 0.1) is 7.11 Å². The van der Waals surface area contributed by atoms with Gasteiger partial charge >= 0.3 is 12.0 Å². The molecule has 2 aromatic rings. The van der Waals surface area contributed by atoms with Crippen LogP contribution < -0.4 is 15.8 Å². The zero-order valence-corrected chi connectivity index (χ0v) is 15.5. The molecule has 0 aromatic carbocycles. The molecule has 10 nitrogen and oxygen atoms in total. The predicted molar refractivity (Wildman–Crippen MR) is 98.6 cm³/mol. The number of carbonyl (C=O) groups excluding carboxylic acids is 2. The highest BCUT2D eigenvalue weighted by Crippen LogP contribution is 2.14. The van der Waals surface area contributed by atoms with Crippen LogP contribution in [0, 0.1) is 0 Å². The number of aryl methyl sites for hydroxylation is 1. The number of urea groups is 1. The van der Waals surface area contributed by atoms with Gasteiger partial charge in [-0.15, -0.1) is 0 Å². The first kappa shape index (κ1) is 18.6. The molecule has 1 fully saturated rings. The number of hydrogen-bond donors (Lipinski definition) is 1. The molecule has 10 heteroatoms. The molecule has 2 aromatic heterocycles. The second-order valence-corrected chi connectivity index (χ2v) is 6.31. The van der Waals surface area contributed by atoms with Gasteiger partial charge in [-0.25, -0.2) is 19.6 Å². The summed E-state index contributed by atoms with van der Waals surface area (Å²) in [5.74, 6) is -0.152. The minimum absolute atomic E-state index is 0.224. The number of esters is 1. The van der Waals surface area contributed by atoms with Gasteiger partial charge in [0.25, 0.3) is 5.56 Å². The molecule has 1 atom stereocenters. The number of carbonyl (C=O) groups is 2. The van der Waals surface area contributed by atoms with Crippen LogP contribution in [0.2, 0.25) is 0 Å². The van der Waals surface area contributed by atoms with Gasteiger partial charge in [0.2, 0.25) is 0 Å². The number of aromatic nitrogens is 3. The van der Waals surface area contributed by atoms with Gasteiger partial charge in [0, 0.05) is 39.4 Å². The molecular formula is C17H22N6O4. The van der Waals surface area contributed by atoms with Crippen LogP contribution in [0.4, 0.5) is 10.6 Å². The Morgan fingerprint density at radius 1 is 1.26 bits per heavy atom. The fourth-order valence-corrected chi connectivity index (χ4v) is 2.98. The smallest absolute Gasteiger partial charge is 0.328 e. The quantitative estimate of drug-likeness (QED) is 0.736. The van der Waals surface area contributed by atoms with E-state index in [1.807, 2.05) is 11.0 Å².